The van der Waals surface area contributed by atoms with Gasteiger partial charge < -0.3 is 10.2 Å². The molecule has 0 aliphatic heterocycles. The van der Waals surface area contributed by atoms with Gasteiger partial charge in [-0.2, -0.15) is 0 Å². The molecular formula is C17H34O5. The molecule has 0 aromatic carbocycles. The lowest BCUT2D eigenvalue weighted by Crippen LogP contribution is -2.38. The summed E-state index contributed by atoms with van der Waals surface area (Å²) in [7, 11) is 0. The van der Waals surface area contributed by atoms with Crippen molar-refractivity contribution in [1.82, 2.24) is 0 Å². The van der Waals surface area contributed by atoms with Gasteiger partial charge >= 0.3 is 0 Å². The molecule has 0 rings (SSSR count). The van der Waals surface area contributed by atoms with Crippen LogP contribution in [0.1, 0.15) is 84.0 Å². The van der Waals surface area contributed by atoms with E-state index in [0.29, 0.717) is 0 Å². The van der Waals surface area contributed by atoms with E-state index >= 15 is 0 Å². The molecule has 0 radical (unpaired) electrons. The predicted octanol–water partition coefficient (Wildman–Crippen LogP) is 3.47. The zero-order valence-corrected chi connectivity index (χ0v) is 14.0. The number of carbonyl (C=O) groups is 1. The monoisotopic (exact) mass is 318 g/mol. The summed E-state index contributed by atoms with van der Waals surface area (Å²) in [6, 6.07) is 0. The largest absolute Gasteiger partial charge is 0.393 e. The number of carbonyl (C=O) groups excluding carboxylic acids is 1. The molecule has 5 nitrogen and oxygen atoms in total. The van der Waals surface area contributed by atoms with E-state index in [2.05, 4.69) is 11.8 Å². The Balaban J connectivity index is 3.40. The summed E-state index contributed by atoms with van der Waals surface area (Å²) in [5.41, 5.74) is 0. The number of hydrogen-bond donors (Lipinski definition) is 3. The summed E-state index contributed by atoms with van der Waals surface area (Å²) >= 11 is 0. The maximum absolute atomic E-state index is 11.6. The van der Waals surface area contributed by atoms with Crippen LogP contribution in [-0.4, -0.2) is 40.1 Å². The van der Waals surface area contributed by atoms with Crippen LogP contribution in [0.25, 0.3) is 0 Å². The average Bonchev–Trinajstić information content (AvgIpc) is 2.53. The molecule has 0 aliphatic rings. The van der Waals surface area contributed by atoms with E-state index in [1.54, 1.807) is 0 Å². The van der Waals surface area contributed by atoms with Crippen molar-refractivity contribution in [2.75, 3.05) is 6.61 Å². The normalized spacial score (nSPS) is 14.0. The van der Waals surface area contributed by atoms with Crippen molar-refractivity contribution in [2.45, 2.75) is 96.2 Å². The molecule has 0 saturated carbocycles. The zero-order chi connectivity index (χ0) is 16.6. The van der Waals surface area contributed by atoms with E-state index in [-0.39, 0.29) is 12.2 Å². The first-order valence-electron chi connectivity index (χ1n) is 8.79. The van der Waals surface area contributed by atoms with Crippen molar-refractivity contribution < 1.29 is 25.2 Å². The van der Waals surface area contributed by atoms with Gasteiger partial charge in [0, 0.05) is 6.42 Å². The highest BCUT2D eigenvalue weighted by Crippen LogP contribution is 2.13. The quantitative estimate of drug-likeness (QED) is 0.230. The maximum Gasteiger partial charge on any atom is 0.164 e. The molecule has 0 aromatic heterocycles. The lowest BCUT2D eigenvalue weighted by atomic mass is 10.0. The second-order valence-electron chi connectivity index (χ2n) is 6.02. The average molecular weight is 318 g/mol. The smallest absolute Gasteiger partial charge is 0.164 e. The van der Waals surface area contributed by atoms with Crippen LogP contribution in [-0.2, 0) is 9.68 Å². The molecular weight excluding hydrogens is 284 g/mol. The van der Waals surface area contributed by atoms with Crippen LogP contribution in [0.4, 0.5) is 0 Å². The molecule has 0 fully saturated rings. The Morgan fingerprint density at radius 3 is 1.77 bits per heavy atom. The second-order valence-corrected chi connectivity index (χ2v) is 6.02. The number of aliphatic hydroxyl groups is 2. The molecule has 1 unspecified atom stereocenters. The Hall–Kier alpha value is -0.490. The highest BCUT2D eigenvalue weighted by molar-refractivity contribution is 5.83. The number of ketones is 1. The minimum Gasteiger partial charge on any atom is -0.393 e. The van der Waals surface area contributed by atoms with Gasteiger partial charge in [0.05, 0.1) is 6.61 Å². The summed E-state index contributed by atoms with van der Waals surface area (Å²) in [6.45, 7) is 1.65. The summed E-state index contributed by atoms with van der Waals surface area (Å²) in [4.78, 5) is 15.5. The lowest BCUT2D eigenvalue weighted by Gasteiger charge is -2.16. The molecule has 132 valence electrons. The Labute approximate surface area is 134 Å². The van der Waals surface area contributed by atoms with Crippen molar-refractivity contribution in [1.29, 1.82) is 0 Å². The van der Waals surface area contributed by atoms with Gasteiger partial charge in [0.2, 0.25) is 0 Å². The SMILES string of the molecule is CCCCCCCCCCCCCC(=O)C(O)[C@H](CO)OO. The Morgan fingerprint density at radius 1 is 0.909 bits per heavy atom. The number of Topliss-reactive ketones (excluding diaryl/α,β-unsaturated/α-hetero) is 1. The van der Waals surface area contributed by atoms with Crippen LogP contribution in [0, 0.1) is 0 Å². The van der Waals surface area contributed by atoms with Gasteiger partial charge in [-0.15, -0.1) is 0 Å². The predicted molar refractivity (Wildman–Crippen MR) is 86.7 cm³/mol. The summed E-state index contributed by atoms with van der Waals surface area (Å²) in [6.07, 6.45) is 10.8. The first-order chi connectivity index (χ1) is 10.7. The van der Waals surface area contributed by atoms with Crippen LogP contribution < -0.4 is 0 Å². The second kappa shape index (κ2) is 15.4. The minimum atomic E-state index is -1.45. The third kappa shape index (κ3) is 11.1. The summed E-state index contributed by atoms with van der Waals surface area (Å²) in [5.74, 6) is -0.385. The molecule has 2 atom stereocenters. The zero-order valence-electron chi connectivity index (χ0n) is 14.0. The standard InChI is InChI=1S/C17H34O5/c1-2-3-4-5-6-7-8-9-10-11-12-13-15(19)17(20)16(14-18)22-21/h16-18,20-21H,2-14H2,1H3/t16-,17?/m0/s1. The number of hydrogen-bond acceptors (Lipinski definition) is 5. The fourth-order valence-electron chi connectivity index (χ4n) is 2.51. The van der Waals surface area contributed by atoms with Gasteiger partial charge in [-0.05, 0) is 6.42 Å². The Morgan fingerprint density at radius 2 is 1.36 bits per heavy atom. The van der Waals surface area contributed by atoms with Gasteiger partial charge in [0.25, 0.3) is 0 Å². The molecule has 0 saturated heterocycles. The van der Waals surface area contributed by atoms with Gasteiger partial charge in [0.15, 0.2) is 5.78 Å². The highest BCUT2D eigenvalue weighted by atomic mass is 17.1. The molecule has 5 heteroatoms. The van der Waals surface area contributed by atoms with Crippen LogP contribution in [0.5, 0.6) is 0 Å². The number of unbranched alkanes of at least 4 members (excludes halogenated alkanes) is 10. The summed E-state index contributed by atoms with van der Waals surface area (Å²) in [5, 5.41) is 26.8. The molecule has 0 aliphatic carbocycles. The van der Waals surface area contributed by atoms with Crippen LogP contribution in [0.3, 0.4) is 0 Å². The molecule has 0 aromatic rings. The van der Waals surface area contributed by atoms with E-state index in [1.807, 2.05) is 0 Å². The van der Waals surface area contributed by atoms with E-state index in [0.717, 1.165) is 19.3 Å². The van der Waals surface area contributed by atoms with Gasteiger partial charge in [0.1, 0.15) is 12.2 Å². The van der Waals surface area contributed by atoms with E-state index in [4.69, 9.17) is 10.4 Å². The third-order valence-electron chi connectivity index (χ3n) is 4.02. The maximum atomic E-state index is 11.6. The van der Waals surface area contributed by atoms with Crippen molar-refractivity contribution in [3.63, 3.8) is 0 Å². The van der Waals surface area contributed by atoms with Crippen molar-refractivity contribution in [3.05, 3.63) is 0 Å². The van der Waals surface area contributed by atoms with Crippen LogP contribution >= 0.6 is 0 Å². The van der Waals surface area contributed by atoms with E-state index < -0.39 is 18.8 Å². The lowest BCUT2D eigenvalue weighted by molar-refractivity contribution is -0.299. The molecule has 22 heavy (non-hydrogen) atoms. The minimum absolute atomic E-state index is 0.262. The van der Waals surface area contributed by atoms with Crippen molar-refractivity contribution in [3.8, 4) is 0 Å². The molecule has 0 spiro atoms. The third-order valence-corrected chi connectivity index (χ3v) is 4.02. The Kier molecular flexibility index (Phi) is 15.1. The van der Waals surface area contributed by atoms with E-state index in [9.17, 15) is 9.90 Å². The number of aliphatic hydroxyl groups excluding tert-OH is 2. The van der Waals surface area contributed by atoms with Crippen molar-refractivity contribution in [2.24, 2.45) is 0 Å². The van der Waals surface area contributed by atoms with Gasteiger partial charge in [-0.1, -0.05) is 71.1 Å². The first kappa shape index (κ1) is 21.5. The Bertz CT molecular complexity index is 253. The van der Waals surface area contributed by atoms with Crippen LogP contribution in [0.15, 0.2) is 0 Å². The summed E-state index contributed by atoms with van der Waals surface area (Å²) < 4.78 is 0. The van der Waals surface area contributed by atoms with E-state index in [1.165, 1.54) is 51.4 Å². The topological polar surface area (TPSA) is 87.0 Å². The fourth-order valence-corrected chi connectivity index (χ4v) is 2.51. The molecule has 3 N–H and O–H groups in total. The highest BCUT2D eigenvalue weighted by Gasteiger charge is 2.25. The molecule has 0 bridgehead atoms. The first-order valence-corrected chi connectivity index (χ1v) is 8.79. The number of rotatable bonds is 16. The van der Waals surface area contributed by atoms with Gasteiger partial charge in [-0.25, -0.2) is 4.89 Å². The fraction of sp³-hybridized carbons (Fsp3) is 0.941. The van der Waals surface area contributed by atoms with Gasteiger partial charge in [-0.3, -0.25) is 10.1 Å². The van der Waals surface area contributed by atoms with Crippen molar-refractivity contribution >= 4 is 5.78 Å². The molecule has 0 amide bonds. The molecule has 0 heterocycles. The van der Waals surface area contributed by atoms with Crippen LogP contribution in [0.2, 0.25) is 0 Å².